The van der Waals surface area contributed by atoms with Gasteiger partial charge in [-0.25, -0.2) is 4.39 Å². The molecule has 1 atom stereocenters. The maximum Gasteiger partial charge on any atom is 0.258 e. The molecule has 2 aliphatic rings. The van der Waals surface area contributed by atoms with Crippen LogP contribution < -0.4 is 10.3 Å². The predicted octanol–water partition coefficient (Wildman–Crippen LogP) is 5.39. The molecule has 0 radical (unpaired) electrons. The molecule has 1 fully saturated rings. The van der Waals surface area contributed by atoms with Gasteiger partial charge in [-0.15, -0.1) is 0 Å². The number of benzene rings is 2. The first-order valence-electron chi connectivity index (χ1n) is 11.6. The molecule has 174 valence electrons. The van der Waals surface area contributed by atoms with Gasteiger partial charge in [0.05, 0.1) is 11.2 Å². The third kappa shape index (κ3) is 3.53. The zero-order valence-electron chi connectivity index (χ0n) is 18.9. The number of aromatic nitrogens is 2. The molecule has 1 saturated heterocycles. The lowest BCUT2D eigenvalue weighted by Crippen LogP contribution is -2.31. The van der Waals surface area contributed by atoms with Crippen LogP contribution in [0, 0.1) is 5.82 Å². The zero-order chi connectivity index (χ0) is 23.4. The van der Waals surface area contributed by atoms with Crippen molar-refractivity contribution in [1.82, 2.24) is 14.0 Å². The second-order valence-corrected chi connectivity index (χ2v) is 9.60. The van der Waals surface area contributed by atoms with Gasteiger partial charge in [-0.1, -0.05) is 23.7 Å². The minimum Gasteiger partial charge on any atom is -0.489 e. The smallest absolute Gasteiger partial charge is 0.258 e. The number of fused-ring (bicyclic) bond motifs is 5. The van der Waals surface area contributed by atoms with Crippen molar-refractivity contribution in [3.05, 3.63) is 92.7 Å². The average molecular weight is 478 g/mol. The normalized spacial score (nSPS) is 17.7. The van der Waals surface area contributed by atoms with Crippen molar-refractivity contribution in [2.45, 2.75) is 31.9 Å². The third-order valence-electron chi connectivity index (χ3n) is 7.26. The lowest BCUT2D eigenvalue weighted by atomic mass is 9.96. The number of halogens is 2. The quantitative estimate of drug-likeness (QED) is 0.395. The number of hydrogen-bond donors (Lipinski definition) is 0. The van der Waals surface area contributed by atoms with Crippen molar-refractivity contribution >= 4 is 22.5 Å². The Morgan fingerprint density at radius 1 is 1.12 bits per heavy atom. The van der Waals surface area contributed by atoms with E-state index in [0.717, 1.165) is 24.2 Å². The van der Waals surface area contributed by atoms with Crippen LogP contribution >= 0.6 is 11.6 Å². The minimum absolute atomic E-state index is 0.0193. The van der Waals surface area contributed by atoms with E-state index in [0.29, 0.717) is 22.4 Å². The molecule has 2 aliphatic heterocycles. The summed E-state index contributed by atoms with van der Waals surface area (Å²) in [6, 6.07) is 14.4. The first-order valence-corrected chi connectivity index (χ1v) is 12.0. The Morgan fingerprint density at radius 3 is 2.82 bits per heavy atom. The van der Waals surface area contributed by atoms with E-state index < -0.39 is 5.82 Å². The number of nitrogens with zero attached hydrogens (tertiary/aromatic N) is 3. The summed E-state index contributed by atoms with van der Waals surface area (Å²) in [6.45, 7) is 2.33. The Labute approximate surface area is 201 Å². The molecule has 0 bridgehead atoms. The molecule has 7 heteroatoms. The van der Waals surface area contributed by atoms with E-state index in [-0.39, 0.29) is 12.2 Å². The lowest BCUT2D eigenvalue weighted by molar-refractivity contribution is 0.242. The van der Waals surface area contributed by atoms with Gasteiger partial charge in [0.15, 0.2) is 0 Å². The summed E-state index contributed by atoms with van der Waals surface area (Å²) >= 11 is 5.80. The highest BCUT2D eigenvalue weighted by atomic mass is 35.5. The highest BCUT2D eigenvalue weighted by Gasteiger charge is 2.34. The first-order chi connectivity index (χ1) is 16.5. The predicted molar refractivity (Wildman–Crippen MR) is 132 cm³/mol. The molecule has 6 rings (SSSR count). The third-order valence-corrected chi connectivity index (χ3v) is 7.50. The Hall–Kier alpha value is -3.09. The van der Waals surface area contributed by atoms with Crippen molar-refractivity contribution in [3.63, 3.8) is 0 Å². The van der Waals surface area contributed by atoms with E-state index >= 15 is 0 Å². The molecule has 0 saturated carbocycles. The number of ether oxygens (including phenoxy) is 1. The van der Waals surface area contributed by atoms with Gasteiger partial charge in [-0.3, -0.25) is 14.3 Å². The molecule has 0 spiro atoms. The Balaban J connectivity index is 1.30. The molecular formula is C27H25ClFN3O2. The molecule has 1 unspecified atom stereocenters. The second-order valence-electron chi connectivity index (χ2n) is 9.16. The van der Waals surface area contributed by atoms with Crippen LogP contribution in [0.5, 0.6) is 5.75 Å². The van der Waals surface area contributed by atoms with Gasteiger partial charge in [0.1, 0.15) is 18.2 Å². The van der Waals surface area contributed by atoms with Crippen molar-refractivity contribution in [2.24, 2.45) is 7.05 Å². The van der Waals surface area contributed by atoms with Crippen molar-refractivity contribution in [3.8, 4) is 11.4 Å². The van der Waals surface area contributed by atoms with Gasteiger partial charge >= 0.3 is 0 Å². The molecule has 2 aromatic heterocycles. The molecule has 34 heavy (non-hydrogen) atoms. The number of hydrogen-bond acceptors (Lipinski definition) is 3. The van der Waals surface area contributed by atoms with E-state index in [4.69, 9.17) is 16.3 Å². The van der Waals surface area contributed by atoms with E-state index in [9.17, 15) is 9.18 Å². The Bertz CT molecular complexity index is 1470. The summed E-state index contributed by atoms with van der Waals surface area (Å²) in [6.07, 6.45) is 5.24. The molecule has 4 aromatic rings. The van der Waals surface area contributed by atoms with Crippen molar-refractivity contribution < 1.29 is 9.13 Å². The average Bonchev–Trinajstić information content (AvgIpc) is 3.41. The van der Waals surface area contributed by atoms with Crippen molar-refractivity contribution in [1.29, 1.82) is 0 Å². The molecule has 0 N–H and O–H groups in total. The summed E-state index contributed by atoms with van der Waals surface area (Å²) in [7, 11) is 2.13. The summed E-state index contributed by atoms with van der Waals surface area (Å²) < 4.78 is 23.6. The maximum atomic E-state index is 14.0. The van der Waals surface area contributed by atoms with Crippen LogP contribution in [0.2, 0.25) is 5.02 Å². The van der Waals surface area contributed by atoms with Gasteiger partial charge in [-0.2, -0.15) is 0 Å². The highest BCUT2D eigenvalue weighted by Crippen LogP contribution is 2.42. The van der Waals surface area contributed by atoms with Crippen LogP contribution in [-0.2, 0) is 20.1 Å². The fourth-order valence-electron chi connectivity index (χ4n) is 5.56. The molecule has 2 aromatic carbocycles. The van der Waals surface area contributed by atoms with E-state index in [1.54, 1.807) is 29.0 Å². The van der Waals surface area contributed by atoms with Gasteiger partial charge in [0.25, 0.3) is 5.56 Å². The summed E-state index contributed by atoms with van der Waals surface area (Å²) in [5.74, 6) is -0.0348. The molecular weight excluding hydrogens is 453 g/mol. The lowest BCUT2D eigenvalue weighted by Gasteiger charge is -2.30. The molecule has 0 aliphatic carbocycles. The van der Waals surface area contributed by atoms with Crippen LogP contribution in [0.25, 0.3) is 16.6 Å². The highest BCUT2D eigenvalue weighted by molar-refractivity contribution is 6.30. The van der Waals surface area contributed by atoms with Crippen LogP contribution in [0.4, 0.5) is 4.39 Å². The van der Waals surface area contributed by atoms with Gasteiger partial charge in [0, 0.05) is 60.0 Å². The number of rotatable bonds is 4. The SMILES string of the molecule is Cn1c2c(c3ccc(-n4ccc(OCc5ccc(Cl)cc5F)cc4=O)cc31)C1CCCN1CC2. The van der Waals surface area contributed by atoms with E-state index in [1.807, 2.05) is 6.07 Å². The molecule has 0 amide bonds. The van der Waals surface area contributed by atoms with Crippen LogP contribution in [0.1, 0.15) is 35.7 Å². The molecule has 5 nitrogen and oxygen atoms in total. The van der Waals surface area contributed by atoms with Crippen LogP contribution in [0.3, 0.4) is 0 Å². The number of aryl methyl sites for hydroxylation is 1. The van der Waals surface area contributed by atoms with Gasteiger partial charge in [-0.05, 0) is 55.3 Å². The van der Waals surface area contributed by atoms with Gasteiger partial charge < -0.3 is 9.30 Å². The van der Waals surface area contributed by atoms with Gasteiger partial charge in [0.2, 0.25) is 0 Å². The number of pyridine rings is 1. The van der Waals surface area contributed by atoms with E-state index in [1.165, 1.54) is 48.2 Å². The Morgan fingerprint density at radius 2 is 2.00 bits per heavy atom. The largest absolute Gasteiger partial charge is 0.489 e. The van der Waals surface area contributed by atoms with Crippen LogP contribution in [0.15, 0.2) is 59.5 Å². The summed E-state index contributed by atoms with van der Waals surface area (Å²) in [4.78, 5) is 15.5. The maximum absolute atomic E-state index is 14.0. The zero-order valence-corrected chi connectivity index (χ0v) is 19.7. The van der Waals surface area contributed by atoms with Crippen molar-refractivity contribution in [2.75, 3.05) is 13.1 Å². The fraction of sp³-hybridized carbons (Fsp3) is 0.296. The fourth-order valence-corrected chi connectivity index (χ4v) is 5.72. The van der Waals surface area contributed by atoms with E-state index in [2.05, 4.69) is 28.6 Å². The summed E-state index contributed by atoms with van der Waals surface area (Å²) in [5, 5.41) is 1.62. The second kappa shape index (κ2) is 8.29. The topological polar surface area (TPSA) is 39.4 Å². The Kier molecular flexibility index (Phi) is 5.23. The standard InChI is InChI=1S/C27H25ClFN3O2/c1-30-23-9-11-31-10-2-3-24(31)27(23)21-7-6-19(14-25(21)30)32-12-8-20(15-26(32)33)34-16-17-4-5-18(28)13-22(17)29/h4-8,12-15,24H,2-3,9-11,16H2,1H3. The minimum atomic E-state index is -0.430. The first kappa shape index (κ1) is 21.4. The summed E-state index contributed by atoms with van der Waals surface area (Å²) in [5.41, 5.74) is 5.04. The monoisotopic (exact) mass is 477 g/mol. The molecule has 4 heterocycles. The van der Waals surface area contributed by atoms with Crippen LogP contribution in [-0.4, -0.2) is 27.1 Å².